The number of carbonyl (C=O) groups is 2. The monoisotopic (exact) mass is 287 g/mol. The van der Waals surface area contributed by atoms with Gasteiger partial charge in [0.1, 0.15) is 5.82 Å². The zero-order valence-electron chi connectivity index (χ0n) is 12.7. The van der Waals surface area contributed by atoms with Crippen molar-refractivity contribution in [2.75, 3.05) is 0 Å². The summed E-state index contributed by atoms with van der Waals surface area (Å²) in [6, 6.07) is 7.40. The largest absolute Gasteiger partial charge is 0.349 e. The van der Waals surface area contributed by atoms with Crippen LogP contribution in [0.4, 0.5) is 0 Å². The number of nitrogens with one attached hydrogen (secondary N) is 1. The first kappa shape index (κ1) is 15.2. The topological polar surface area (TPSA) is 64.0 Å². The van der Waals surface area contributed by atoms with E-state index < -0.39 is 0 Å². The molecule has 0 aliphatic carbocycles. The molecule has 1 aromatic carbocycles. The van der Waals surface area contributed by atoms with Crippen LogP contribution in [0.5, 0.6) is 0 Å². The van der Waals surface area contributed by atoms with Crippen LogP contribution in [0, 0.1) is 0 Å². The van der Waals surface area contributed by atoms with Crippen LogP contribution in [0.2, 0.25) is 0 Å². The normalized spacial score (nSPS) is 12.3. The first-order valence-corrected chi connectivity index (χ1v) is 7.27. The lowest BCUT2D eigenvalue weighted by atomic mass is 10.2. The number of hydrogen-bond acceptors (Lipinski definition) is 3. The summed E-state index contributed by atoms with van der Waals surface area (Å²) in [4.78, 5) is 27.9. The van der Waals surface area contributed by atoms with Crippen molar-refractivity contribution >= 4 is 22.7 Å². The lowest BCUT2D eigenvalue weighted by molar-refractivity contribution is -0.121. The highest BCUT2D eigenvalue weighted by molar-refractivity contribution is 5.84. The second kappa shape index (κ2) is 6.52. The Morgan fingerprint density at radius 3 is 2.71 bits per heavy atom. The number of hydrogen-bond donors (Lipinski definition) is 1. The van der Waals surface area contributed by atoms with Crippen molar-refractivity contribution in [3.05, 3.63) is 30.1 Å². The van der Waals surface area contributed by atoms with Crippen molar-refractivity contribution in [2.24, 2.45) is 0 Å². The van der Waals surface area contributed by atoms with E-state index in [0.29, 0.717) is 18.8 Å². The Hall–Kier alpha value is -2.17. The fourth-order valence-electron chi connectivity index (χ4n) is 2.33. The summed E-state index contributed by atoms with van der Waals surface area (Å²) in [7, 11) is 0. The molecule has 5 heteroatoms. The lowest BCUT2D eigenvalue weighted by Gasteiger charge is -2.15. The highest BCUT2D eigenvalue weighted by Crippen LogP contribution is 2.21. The third kappa shape index (κ3) is 3.29. The number of aromatic nitrogens is 2. The van der Waals surface area contributed by atoms with E-state index >= 15 is 0 Å². The maximum absolute atomic E-state index is 11.7. The summed E-state index contributed by atoms with van der Waals surface area (Å²) in [5.41, 5.74) is 1.75. The molecule has 0 spiro atoms. The minimum atomic E-state index is -0.296. The summed E-state index contributed by atoms with van der Waals surface area (Å²) < 4.78 is 1.91. The van der Waals surface area contributed by atoms with Gasteiger partial charge in [0.25, 0.3) is 0 Å². The fourth-order valence-corrected chi connectivity index (χ4v) is 2.33. The number of nitrogens with zero attached hydrogens (tertiary/aromatic N) is 2. The highest BCUT2D eigenvalue weighted by atomic mass is 16.1. The first-order valence-electron chi connectivity index (χ1n) is 7.27. The Kier molecular flexibility index (Phi) is 4.73. The smallest absolute Gasteiger partial charge is 0.220 e. The maximum atomic E-state index is 11.7. The molecule has 1 amide bonds. The molecular formula is C16H21N3O2. The van der Waals surface area contributed by atoms with Gasteiger partial charge in [-0.15, -0.1) is 0 Å². The van der Waals surface area contributed by atoms with Gasteiger partial charge in [-0.05, 0) is 32.4 Å². The van der Waals surface area contributed by atoms with Gasteiger partial charge in [0.2, 0.25) is 5.91 Å². The Bertz CT molecular complexity index is 661. The molecule has 1 N–H and O–H groups in total. The van der Waals surface area contributed by atoms with Gasteiger partial charge in [0.05, 0.1) is 23.6 Å². The molecule has 1 atom stereocenters. The van der Waals surface area contributed by atoms with E-state index in [9.17, 15) is 9.59 Å². The Balaban J connectivity index is 2.35. The molecule has 1 unspecified atom stereocenters. The third-order valence-corrected chi connectivity index (χ3v) is 3.57. The molecule has 2 aromatic rings. The predicted octanol–water partition coefficient (Wildman–Crippen LogP) is 2.60. The predicted molar refractivity (Wildman–Crippen MR) is 81.9 cm³/mol. The molecule has 0 radical (unpaired) electrons. The van der Waals surface area contributed by atoms with Gasteiger partial charge in [-0.25, -0.2) is 4.98 Å². The zero-order chi connectivity index (χ0) is 15.4. The molecule has 0 saturated heterocycles. The summed E-state index contributed by atoms with van der Waals surface area (Å²) in [6.07, 6.45) is 1.31. The zero-order valence-corrected chi connectivity index (χ0v) is 12.7. The van der Waals surface area contributed by atoms with Gasteiger partial charge in [0, 0.05) is 6.42 Å². The first-order chi connectivity index (χ1) is 10.0. The fraction of sp³-hybridized carbons (Fsp3) is 0.438. The van der Waals surface area contributed by atoms with Crippen LogP contribution in [-0.2, 0) is 16.1 Å². The molecule has 112 valence electrons. The van der Waals surface area contributed by atoms with Crippen LogP contribution >= 0.6 is 0 Å². The van der Waals surface area contributed by atoms with Gasteiger partial charge in [-0.3, -0.25) is 9.59 Å². The third-order valence-electron chi connectivity index (χ3n) is 3.57. The average molecular weight is 287 g/mol. The van der Waals surface area contributed by atoms with Gasteiger partial charge >= 0.3 is 0 Å². The minimum absolute atomic E-state index is 0.00610. The van der Waals surface area contributed by atoms with E-state index in [0.717, 1.165) is 17.5 Å². The van der Waals surface area contributed by atoms with Crippen molar-refractivity contribution in [3.8, 4) is 0 Å². The van der Waals surface area contributed by atoms with Crippen LogP contribution in [0.15, 0.2) is 24.3 Å². The van der Waals surface area contributed by atoms with Crippen molar-refractivity contribution in [3.63, 3.8) is 0 Å². The number of Topliss-reactive ketones (excluding diaryl/α,β-unsaturated/α-hetero) is 1. The van der Waals surface area contributed by atoms with Crippen LogP contribution in [-0.4, -0.2) is 21.2 Å². The quantitative estimate of drug-likeness (QED) is 0.888. The van der Waals surface area contributed by atoms with Crippen LogP contribution in [0.3, 0.4) is 0 Å². The standard InChI is InChI=1S/C16H21N3O2/c1-4-7-16(21)17-10-15-18-13-8-5-6-9-14(13)19(15)11(2)12(3)20/h5-6,8-9,11H,4,7,10H2,1-3H3,(H,17,21). The molecule has 1 aromatic heterocycles. The van der Waals surface area contributed by atoms with E-state index in [4.69, 9.17) is 0 Å². The van der Waals surface area contributed by atoms with Crippen molar-refractivity contribution in [1.82, 2.24) is 14.9 Å². The molecule has 0 saturated carbocycles. The molecule has 1 heterocycles. The molecule has 2 rings (SSSR count). The molecule has 0 fully saturated rings. The number of carbonyl (C=O) groups excluding carboxylic acids is 2. The Labute approximate surface area is 124 Å². The van der Waals surface area contributed by atoms with Crippen molar-refractivity contribution < 1.29 is 9.59 Å². The van der Waals surface area contributed by atoms with Crippen molar-refractivity contribution in [2.45, 2.75) is 46.2 Å². The molecule has 0 bridgehead atoms. The van der Waals surface area contributed by atoms with E-state index in [1.807, 2.05) is 42.7 Å². The average Bonchev–Trinajstić information content (AvgIpc) is 2.82. The number of benzene rings is 1. The van der Waals surface area contributed by atoms with Crippen LogP contribution in [0.25, 0.3) is 11.0 Å². The van der Waals surface area contributed by atoms with E-state index in [1.54, 1.807) is 6.92 Å². The van der Waals surface area contributed by atoms with Crippen LogP contribution in [0.1, 0.15) is 45.5 Å². The minimum Gasteiger partial charge on any atom is -0.349 e. The van der Waals surface area contributed by atoms with Gasteiger partial charge < -0.3 is 9.88 Å². The number of imidazole rings is 1. The van der Waals surface area contributed by atoms with E-state index in [-0.39, 0.29) is 17.7 Å². The van der Waals surface area contributed by atoms with Gasteiger partial charge in [-0.1, -0.05) is 19.1 Å². The van der Waals surface area contributed by atoms with E-state index in [2.05, 4.69) is 10.3 Å². The van der Waals surface area contributed by atoms with Crippen molar-refractivity contribution in [1.29, 1.82) is 0 Å². The summed E-state index contributed by atoms with van der Waals surface area (Å²) >= 11 is 0. The molecular weight excluding hydrogens is 266 g/mol. The van der Waals surface area contributed by atoms with E-state index in [1.165, 1.54) is 0 Å². The van der Waals surface area contributed by atoms with Gasteiger partial charge in [-0.2, -0.15) is 0 Å². The number of fused-ring (bicyclic) bond motifs is 1. The number of amides is 1. The Morgan fingerprint density at radius 2 is 2.05 bits per heavy atom. The maximum Gasteiger partial charge on any atom is 0.220 e. The lowest BCUT2D eigenvalue weighted by Crippen LogP contribution is -2.26. The molecule has 0 aliphatic rings. The second-order valence-electron chi connectivity index (χ2n) is 5.20. The number of para-hydroxylation sites is 2. The summed E-state index contributed by atoms with van der Waals surface area (Å²) in [5.74, 6) is 0.786. The molecule has 5 nitrogen and oxygen atoms in total. The molecule has 0 aliphatic heterocycles. The molecule has 21 heavy (non-hydrogen) atoms. The number of ketones is 1. The van der Waals surface area contributed by atoms with Gasteiger partial charge in [0.15, 0.2) is 5.78 Å². The highest BCUT2D eigenvalue weighted by Gasteiger charge is 2.18. The summed E-state index contributed by atoms with van der Waals surface area (Å²) in [5, 5.41) is 2.86. The SMILES string of the molecule is CCCC(=O)NCc1nc2ccccc2n1C(C)C(C)=O. The summed E-state index contributed by atoms with van der Waals surface area (Å²) in [6.45, 7) is 5.73. The van der Waals surface area contributed by atoms with Crippen LogP contribution < -0.4 is 5.32 Å². The second-order valence-corrected chi connectivity index (χ2v) is 5.20. The Morgan fingerprint density at radius 1 is 1.33 bits per heavy atom. The number of rotatable bonds is 6.